The number of aromatic nitrogens is 2. The van der Waals surface area contributed by atoms with Crippen molar-refractivity contribution >= 4 is 0 Å². The van der Waals surface area contributed by atoms with Crippen molar-refractivity contribution < 1.29 is 0 Å². The first-order valence-corrected chi connectivity index (χ1v) is 7.40. The molecule has 3 nitrogen and oxygen atoms in total. The number of hydrogen-bond donors (Lipinski definition) is 1. The third-order valence-corrected chi connectivity index (χ3v) is 3.79. The molecule has 0 aliphatic carbocycles. The van der Waals surface area contributed by atoms with E-state index in [-0.39, 0.29) is 0 Å². The van der Waals surface area contributed by atoms with Crippen LogP contribution in [-0.4, -0.2) is 9.97 Å². The van der Waals surface area contributed by atoms with Crippen LogP contribution in [0.1, 0.15) is 47.2 Å². The van der Waals surface area contributed by atoms with Crippen molar-refractivity contribution in [3.8, 4) is 0 Å². The number of benzene rings is 1. The van der Waals surface area contributed by atoms with E-state index in [1.807, 2.05) is 0 Å². The van der Waals surface area contributed by atoms with Crippen LogP contribution in [0.4, 0.5) is 0 Å². The maximum atomic E-state index is 4.80. The summed E-state index contributed by atoms with van der Waals surface area (Å²) in [5.41, 5.74) is 6.35. The predicted molar refractivity (Wildman–Crippen MR) is 80.6 cm³/mol. The van der Waals surface area contributed by atoms with Gasteiger partial charge in [-0.15, -0.1) is 0 Å². The molecule has 0 saturated carbocycles. The summed E-state index contributed by atoms with van der Waals surface area (Å²) < 4.78 is 0. The van der Waals surface area contributed by atoms with Crippen molar-refractivity contribution in [2.75, 3.05) is 0 Å². The summed E-state index contributed by atoms with van der Waals surface area (Å²) in [6.07, 6.45) is 3.01. The van der Waals surface area contributed by atoms with E-state index >= 15 is 0 Å². The molecule has 0 amide bonds. The van der Waals surface area contributed by atoms with Crippen molar-refractivity contribution in [1.82, 2.24) is 15.3 Å². The van der Waals surface area contributed by atoms with Crippen LogP contribution in [0.3, 0.4) is 0 Å². The first kappa shape index (κ1) is 13.3. The Morgan fingerprint density at radius 2 is 1.90 bits per heavy atom. The van der Waals surface area contributed by atoms with Gasteiger partial charge in [-0.1, -0.05) is 43.2 Å². The Morgan fingerprint density at radius 3 is 2.65 bits per heavy atom. The molecular weight excluding hydrogens is 246 g/mol. The molecule has 2 aromatic rings. The van der Waals surface area contributed by atoms with Crippen LogP contribution in [0, 0.1) is 6.92 Å². The van der Waals surface area contributed by atoms with E-state index in [4.69, 9.17) is 9.97 Å². The first-order valence-electron chi connectivity index (χ1n) is 7.40. The number of aryl methyl sites for hydroxylation is 2. The highest BCUT2D eigenvalue weighted by molar-refractivity contribution is 5.31. The van der Waals surface area contributed by atoms with Crippen LogP contribution in [0.25, 0.3) is 0 Å². The molecule has 0 radical (unpaired) electrons. The van der Waals surface area contributed by atoms with Gasteiger partial charge in [-0.2, -0.15) is 0 Å². The quantitative estimate of drug-likeness (QED) is 0.925. The standard InChI is InChI=1S/C17H21N3/c1-3-4-15-14-10-18-11-16(14)20-17(19-15)9-13-7-5-12(2)6-8-13/h5-8,18H,3-4,9-11H2,1-2H3. The predicted octanol–water partition coefficient (Wildman–Crippen LogP) is 2.93. The van der Waals surface area contributed by atoms with Gasteiger partial charge in [0.25, 0.3) is 0 Å². The molecule has 2 heterocycles. The summed E-state index contributed by atoms with van der Waals surface area (Å²) in [6.45, 7) is 6.13. The summed E-state index contributed by atoms with van der Waals surface area (Å²) in [7, 11) is 0. The molecule has 0 spiro atoms. The highest BCUT2D eigenvalue weighted by Gasteiger charge is 2.18. The van der Waals surface area contributed by atoms with Crippen molar-refractivity contribution in [2.45, 2.75) is 46.2 Å². The maximum Gasteiger partial charge on any atom is 0.133 e. The number of nitrogens with one attached hydrogen (secondary N) is 1. The van der Waals surface area contributed by atoms with Gasteiger partial charge in [-0.3, -0.25) is 0 Å². The van der Waals surface area contributed by atoms with E-state index in [0.29, 0.717) is 0 Å². The third kappa shape index (κ3) is 2.73. The Hall–Kier alpha value is -1.74. The normalized spacial score (nSPS) is 13.5. The smallest absolute Gasteiger partial charge is 0.133 e. The van der Waals surface area contributed by atoms with Gasteiger partial charge in [-0.25, -0.2) is 9.97 Å². The van der Waals surface area contributed by atoms with Crippen LogP contribution in [-0.2, 0) is 25.9 Å². The molecular formula is C17H21N3. The van der Waals surface area contributed by atoms with Gasteiger partial charge in [0.1, 0.15) is 5.82 Å². The number of hydrogen-bond acceptors (Lipinski definition) is 3. The van der Waals surface area contributed by atoms with E-state index in [1.54, 1.807) is 0 Å². The molecule has 20 heavy (non-hydrogen) atoms. The molecule has 0 atom stereocenters. The van der Waals surface area contributed by atoms with Gasteiger partial charge in [0.15, 0.2) is 0 Å². The number of fused-ring (bicyclic) bond motifs is 1. The highest BCUT2D eigenvalue weighted by atomic mass is 15.0. The van der Waals surface area contributed by atoms with Crippen molar-refractivity contribution in [3.05, 3.63) is 58.2 Å². The topological polar surface area (TPSA) is 37.8 Å². The molecule has 104 valence electrons. The molecule has 0 unspecified atom stereocenters. The molecule has 0 fully saturated rings. The van der Waals surface area contributed by atoms with Gasteiger partial charge >= 0.3 is 0 Å². The molecule has 3 rings (SSSR count). The van der Waals surface area contributed by atoms with Crippen molar-refractivity contribution in [3.63, 3.8) is 0 Å². The first-order chi connectivity index (χ1) is 9.76. The van der Waals surface area contributed by atoms with Gasteiger partial charge < -0.3 is 5.32 Å². The maximum absolute atomic E-state index is 4.80. The molecule has 1 aliphatic rings. The van der Waals surface area contributed by atoms with Crippen LogP contribution < -0.4 is 5.32 Å². The van der Waals surface area contributed by atoms with Gasteiger partial charge in [0.2, 0.25) is 0 Å². The molecule has 1 aliphatic heterocycles. The zero-order valence-electron chi connectivity index (χ0n) is 12.2. The fourth-order valence-corrected chi connectivity index (χ4v) is 2.71. The van der Waals surface area contributed by atoms with Crippen LogP contribution >= 0.6 is 0 Å². The lowest BCUT2D eigenvalue weighted by atomic mass is 10.1. The summed E-state index contributed by atoms with van der Waals surface area (Å²) in [4.78, 5) is 9.54. The largest absolute Gasteiger partial charge is 0.307 e. The Morgan fingerprint density at radius 1 is 1.10 bits per heavy atom. The lowest BCUT2D eigenvalue weighted by Gasteiger charge is -2.09. The molecule has 1 aromatic heterocycles. The molecule has 1 N–H and O–H groups in total. The second kappa shape index (κ2) is 5.71. The second-order valence-electron chi connectivity index (χ2n) is 5.53. The average Bonchev–Trinajstić information content (AvgIpc) is 2.90. The summed E-state index contributed by atoms with van der Waals surface area (Å²) in [5, 5.41) is 3.38. The van der Waals surface area contributed by atoms with Crippen molar-refractivity contribution in [1.29, 1.82) is 0 Å². The fraction of sp³-hybridized carbons (Fsp3) is 0.412. The fourth-order valence-electron chi connectivity index (χ4n) is 2.71. The monoisotopic (exact) mass is 267 g/mol. The molecule has 1 aromatic carbocycles. The molecule has 3 heteroatoms. The SMILES string of the molecule is CCCc1nc(Cc2ccc(C)cc2)nc2c1CNC2. The Kier molecular flexibility index (Phi) is 3.79. The summed E-state index contributed by atoms with van der Waals surface area (Å²) in [6, 6.07) is 8.64. The lowest BCUT2D eigenvalue weighted by Crippen LogP contribution is -2.06. The van der Waals surface area contributed by atoms with Crippen LogP contribution in [0.15, 0.2) is 24.3 Å². The van der Waals surface area contributed by atoms with E-state index in [9.17, 15) is 0 Å². The highest BCUT2D eigenvalue weighted by Crippen LogP contribution is 2.19. The van der Waals surface area contributed by atoms with Gasteiger partial charge in [-0.05, 0) is 18.9 Å². The van der Waals surface area contributed by atoms with Crippen LogP contribution in [0.2, 0.25) is 0 Å². The third-order valence-electron chi connectivity index (χ3n) is 3.79. The Balaban J connectivity index is 1.89. The minimum Gasteiger partial charge on any atom is -0.307 e. The van der Waals surface area contributed by atoms with E-state index in [0.717, 1.165) is 38.2 Å². The Labute approximate surface area is 120 Å². The zero-order chi connectivity index (χ0) is 13.9. The summed E-state index contributed by atoms with van der Waals surface area (Å²) >= 11 is 0. The minimum absolute atomic E-state index is 0.824. The zero-order valence-corrected chi connectivity index (χ0v) is 12.2. The summed E-state index contributed by atoms with van der Waals surface area (Å²) in [5.74, 6) is 0.958. The lowest BCUT2D eigenvalue weighted by molar-refractivity contribution is 0.753. The van der Waals surface area contributed by atoms with Gasteiger partial charge in [0.05, 0.1) is 5.69 Å². The number of nitrogens with zero attached hydrogens (tertiary/aromatic N) is 2. The molecule has 0 saturated heterocycles. The van der Waals surface area contributed by atoms with E-state index < -0.39 is 0 Å². The van der Waals surface area contributed by atoms with E-state index in [2.05, 4.69) is 43.4 Å². The number of rotatable bonds is 4. The second-order valence-corrected chi connectivity index (χ2v) is 5.53. The Bertz CT molecular complexity index is 602. The van der Waals surface area contributed by atoms with Crippen molar-refractivity contribution in [2.24, 2.45) is 0 Å². The van der Waals surface area contributed by atoms with Gasteiger partial charge in [0, 0.05) is 30.8 Å². The van der Waals surface area contributed by atoms with E-state index in [1.165, 1.54) is 28.1 Å². The average molecular weight is 267 g/mol. The molecule has 0 bridgehead atoms. The van der Waals surface area contributed by atoms with Crippen LogP contribution in [0.5, 0.6) is 0 Å². The minimum atomic E-state index is 0.824.